The van der Waals surface area contributed by atoms with Gasteiger partial charge in [-0.3, -0.25) is 0 Å². The van der Waals surface area contributed by atoms with Gasteiger partial charge in [-0.1, -0.05) is 92.7 Å². The van der Waals surface area contributed by atoms with Crippen molar-refractivity contribution < 1.29 is 13.7 Å². The van der Waals surface area contributed by atoms with Crippen LogP contribution in [0.1, 0.15) is 52.7 Å². The second-order valence-electron chi connectivity index (χ2n) is 15.3. The molecular formula is C45H40BNO3. The molecule has 1 aliphatic heterocycles. The lowest BCUT2D eigenvalue weighted by molar-refractivity contribution is 0.00578. The van der Waals surface area contributed by atoms with Crippen LogP contribution in [0, 0.1) is 0 Å². The Morgan fingerprint density at radius 2 is 1.06 bits per heavy atom. The highest BCUT2D eigenvalue weighted by Gasteiger charge is 2.51. The molecule has 0 bridgehead atoms. The van der Waals surface area contributed by atoms with E-state index in [1.165, 1.54) is 22.3 Å². The normalized spacial score (nSPS) is 16.9. The summed E-state index contributed by atoms with van der Waals surface area (Å²) in [6, 6.07) is 47.9. The lowest BCUT2D eigenvalue weighted by atomic mass is 9.79. The first-order valence-corrected chi connectivity index (χ1v) is 17.5. The summed E-state index contributed by atoms with van der Waals surface area (Å²) in [5, 5.41) is 2.27. The molecular weight excluding hydrogens is 613 g/mol. The molecule has 2 heterocycles. The summed E-state index contributed by atoms with van der Waals surface area (Å²) in [6.45, 7) is 13.0. The Morgan fingerprint density at radius 1 is 0.480 bits per heavy atom. The second kappa shape index (κ2) is 11.0. The van der Waals surface area contributed by atoms with E-state index in [0.717, 1.165) is 55.6 Å². The first-order chi connectivity index (χ1) is 24.0. The van der Waals surface area contributed by atoms with Gasteiger partial charge in [-0.05, 0) is 121 Å². The number of furan rings is 1. The minimum atomic E-state index is -0.411. The lowest BCUT2D eigenvalue weighted by Crippen LogP contribution is -2.41. The summed E-state index contributed by atoms with van der Waals surface area (Å²) in [7, 11) is -0.411. The largest absolute Gasteiger partial charge is 0.494 e. The van der Waals surface area contributed by atoms with Crippen LogP contribution >= 0.6 is 0 Å². The highest BCUT2D eigenvalue weighted by molar-refractivity contribution is 6.62. The summed E-state index contributed by atoms with van der Waals surface area (Å²) in [6.07, 6.45) is 0. The first-order valence-electron chi connectivity index (χ1n) is 17.5. The van der Waals surface area contributed by atoms with Crippen molar-refractivity contribution >= 4 is 51.6 Å². The fourth-order valence-electron chi connectivity index (χ4n) is 7.75. The van der Waals surface area contributed by atoms with Crippen LogP contribution in [-0.4, -0.2) is 18.3 Å². The molecule has 0 spiro atoms. The number of hydrogen-bond acceptors (Lipinski definition) is 4. The van der Waals surface area contributed by atoms with E-state index < -0.39 is 18.3 Å². The van der Waals surface area contributed by atoms with E-state index in [9.17, 15) is 0 Å². The van der Waals surface area contributed by atoms with Gasteiger partial charge >= 0.3 is 7.12 Å². The van der Waals surface area contributed by atoms with Crippen LogP contribution in [0.5, 0.6) is 0 Å². The molecule has 4 nitrogen and oxygen atoms in total. The van der Waals surface area contributed by atoms with Gasteiger partial charge in [0.2, 0.25) is 0 Å². The number of benzene rings is 6. The smallest absolute Gasteiger partial charge is 0.456 e. The number of fused-ring (bicyclic) bond motifs is 6. The SMILES string of the molecule is CC1(C)c2ccccc2-c2ccc(N(c3ccc(B4OC(C)(C)C(C)(C)O4)cc3)c3ccc(-c4ccc5oc6ccccc6c5c4)cc3)cc21. The summed E-state index contributed by atoms with van der Waals surface area (Å²) < 4.78 is 18.9. The maximum atomic E-state index is 6.38. The van der Waals surface area contributed by atoms with Gasteiger partial charge in [0.25, 0.3) is 0 Å². The minimum absolute atomic E-state index is 0.103. The van der Waals surface area contributed by atoms with Crippen molar-refractivity contribution in [3.8, 4) is 22.3 Å². The Labute approximate surface area is 294 Å². The summed E-state index contributed by atoms with van der Waals surface area (Å²) in [5.74, 6) is 0. The molecule has 0 saturated carbocycles. The minimum Gasteiger partial charge on any atom is -0.456 e. The van der Waals surface area contributed by atoms with E-state index in [1.54, 1.807) is 0 Å². The van der Waals surface area contributed by atoms with Gasteiger partial charge in [0.05, 0.1) is 11.2 Å². The average Bonchev–Trinajstić information content (AvgIpc) is 3.68. The zero-order chi connectivity index (χ0) is 34.4. The zero-order valence-electron chi connectivity index (χ0n) is 29.5. The van der Waals surface area contributed by atoms with Crippen molar-refractivity contribution in [1.82, 2.24) is 0 Å². The monoisotopic (exact) mass is 653 g/mol. The van der Waals surface area contributed by atoms with Gasteiger partial charge in [-0.2, -0.15) is 0 Å². The van der Waals surface area contributed by atoms with E-state index in [4.69, 9.17) is 13.7 Å². The van der Waals surface area contributed by atoms with E-state index in [-0.39, 0.29) is 5.41 Å². The Kier molecular flexibility index (Phi) is 6.77. The number of para-hydroxylation sites is 1. The predicted molar refractivity (Wildman–Crippen MR) is 207 cm³/mol. The fourth-order valence-corrected chi connectivity index (χ4v) is 7.75. The maximum Gasteiger partial charge on any atom is 0.494 e. The van der Waals surface area contributed by atoms with Crippen molar-refractivity contribution in [3.63, 3.8) is 0 Å². The topological polar surface area (TPSA) is 34.8 Å². The third kappa shape index (κ3) is 4.75. The Bertz CT molecular complexity index is 2400. The van der Waals surface area contributed by atoms with Crippen LogP contribution in [-0.2, 0) is 14.7 Å². The standard InChI is InChI=1S/C45H40BNO3/c1-43(2)39-13-9-7-11-35(39)36-25-24-34(28-40(36)43)47(33-22-18-31(19-23-33)46-49-44(3,4)45(5,6)50-46)32-20-15-29(16-21-32)30-17-26-42-38(27-30)37-12-8-10-14-41(37)48-42/h7-28H,1-6H3. The molecule has 246 valence electrons. The van der Waals surface area contributed by atoms with Gasteiger partial charge in [-0.25, -0.2) is 0 Å². The molecule has 1 fully saturated rings. The molecule has 0 unspecified atom stereocenters. The predicted octanol–water partition coefficient (Wildman–Crippen LogP) is 11.3. The maximum absolute atomic E-state index is 6.38. The van der Waals surface area contributed by atoms with Crippen LogP contribution < -0.4 is 10.4 Å². The molecule has 7 aromatic rings. The molecule has 5 heteroatoms. The molecule has 0 N–H and O–H groups in total. The van der Waals surface area contributed by atoms with Crippen molar-refractivity contribution in [1.29, 1.82) is 0 Å². The Hall–Kier alpha value is -5.10. The highest BCUT2D eigenvalue weighted by atomic mass is 16.7. The molecule has 0 amide bonds. The lowest BCUT2D eigenvalue weighted by Gasteiger charge is -2.32. The van der Waals surface area contributed by atoms with Crippen molar-refractivity contribution in [2.75, 3.05) is 4.90 Å². The van der Waals surface area contributed by atoms with Gasteiger partial charge in [0.15, 0.2) is 0 Å². The third-order valence-electron chi connectivity index (χ3n) is 11.3. The van der Waals surface area contributed by atoms with E-state index in [2.05, 4.69) is 168 Å². The molecule has 0 atom stereocenters. The zero-order valence-corrected chi connectivity index (χ0v) is 29.5. The quantitative estimate of drug-likeness (QED) is 0.173. The van der Waals surface area contributed by atoms with Gasteiger partial charge in [0, 0.05) is 33.2 Å². The first kappa shape index (κ1) is 30.9. The molecule has 1 saturated heterocycles. The van der Waals surface area contributed by atoms with E-state index in [1.807, 2.05) is 12.1 Å². The Morgan fingerprint density at radius 3 is 1.80 bits per heavy atom. The van der Waals surface area contributed by atoms with Crippen molar-refractivity contribution in [2.24, 2.45) is 0 Å². The summed E-state index contributed by atoms with van der Waals surface area (Å²) in [5.41, 5.74) is 12.9. The van der Waals surface area contributed by atoms with Gasteiger partial charge in [-0.15, -0.1) is 0 Å². The van der Waals surface area contributed by atoms with Crippen LogP contribution in [0.3, 0.4) is 0 Å². The molecule has 6 aromatic carbocycles. The molecule has 0 radical (unpaired) electrons. The summed E-state index contributed by atoms with van der Waals surface area (Å²) >= 11 is 0. The third-order valence-corrected chi connectivity index (χ3v) is 11.3. The van der Waals surface area contributed by atoms with Crippen LogP contribution in [0.15, 0.2) is 138 Å². The highest BCUT2D eigenvalue weighted by Crippen LogP contribution is 2.50. The fraction of sp³-hybridized carbons (Fsp3) is 0.200. The molecule has 1 aliphatic carbocycles. The van der Waals surface area contributed by atoms with E-state index in [0.29, 0.717) is 0 Å². The average molecular weight is 654 g/mol. The molecule has 1 aromatic heterocycles. The number of nitrogens with zero attached hydrogens (tertiary/aromatic N) is 1. The number of hydrogen-bond donors (Lipinski definition) is 0. The molecule has 9 rings (SSSR count). The van der Waals surface area contributed by atoms with Crippen LogP contribution in [0.25, 0.3) is 44.2 Å². The van der Waals surface area contributed by atoms with Gasteiger partial charge in [0.1, 0.15) is 11.2 Å². The van der Waals surface area contributed by atoms with Crippen LogP contribution in [0.2, 0.25) is 0 Å². The van der Waals surface area contributed by atoms with Crippen LogP contribution in [0.4, 0.5) is 17.1 Å². The number of anilines is 3. The van der Waals surface area contributed by atoms with Gasteiger partial charge < -0.3 is 18.6 Å². The van der Waals surface area contributed by atoms with Crippen molar-refractivity contribution in [3.05, 3.63) is 145 Å². The molecule has 2 aliphatic rings. The second-order valence-corrected chi connectivity index (χ2v) is 15.3. The number of rotatable bonds is 5. The van der Waals surface area contributed by atoms with E-state index >= 15 is 0 Å². The molecule has 50 heavy (non-hydrogen) atoms. The summed E-state index contributed by atoms with van der Waals surface area (Å²) in [4.78, 5) is 2.35. The van der Waals surface area contributed by atoms with Crippen molar-refractivity contribution in [2.45, 2.75) is 58.2 Å². The Balaban J connectivity index is 1.12.